The van der Waals surface area contributed by atoms with Crippen LogP contribution in [-0.2, 0) is 19.5 Å². The number of amides is 2. The van der Waals surface area contributed by atoms with E-state index in [0.29, 0.717) is 39.5 Å². The Morgan fingerprint density at radius 3 is 2.57 bits per heavy atom. The summed E-state index contributed by atoms with van der Waals surface area (Å²) in [6.07, 6.45) is 1.79. The highest BCUT2D eigenvalue weighted by atomic mass is 32.2. The number of benzene rings is 2. The average molecular weight is 504 g/mol. The Labute approximate surface area is 204 Å². The molecule has 188 valence electrons. The van der Waals surface area contributed by atoms with Crippen molar-refractivity contribution in [2.75, 3.05) is 51.3 Å². The van der Waals surface area contributed by atoms with Crippen LogP contribution in [0.2, 0.25) is 0 Å². The van der Waals surface area contributed by atoms with Crippen LogP contribution in [0.1, 0.15) is 33.6 Å². The van der Waals surface area contributed by atoms with E-state index in [4.69, 9.17) is 14.2 Å². The van der Waals surface area contributed by atoms with Crippen molar-refractivity contribution in [2.24, 2.45) is 0 Å². The molecule has 35 heavy (non-hydrogen) atoms. The van der Waals surface area contributed by atoms with Crippen molar-refractivity contribution in [2.45, 2.75) is 23.8 Å². The molecule has 2 N–H and O–H groups in total. The number of ether oxygens (including phenoxy) is 3. The highest BCUT2D eigenvalue weighted by Gasteiger charge is 2.26. The molecule has 2 aromatic carbocycles. The topological polar surface area (TPSA) is 123 Å². The maximum absolute atomic E-state index is 13.2. The molecule has 11 heteroatoms. The zero-order valence-corrected chi connectivity index (χ0v) is 20.3. The first-order chi connectivity index (χ1) is 16.9. The summed E-state index contributed by atoms with van der Waals surface area (Å²) in [5.41, 5.74) is 0.460. The van der Waals surface area contributed by atoms with Crippen molar-refractivity contribution in [3.63, 3.8) is 0 Å². The highest BCUT2D eigenvalue weighted by molar-refractivity contribution is 7.92. The zero-order valence-electron chi connectivity index (χ0n) is 19.5. The number of sulfonamides is 1. The van der Waals surface area contributed by atoms with E-state index in [1.54, 1.807) is 23.1 Å². The van der Waals surface area contributed by atoms with Crippen LogP contribution in [0.4, 0.5) is 5.69 Å². The molecule has 2 heterocycles. The van der Waals surface area contributed by atoms with Gasteiger partial charge in [0.25, 0.3) is 21.8 Å². The lowest BCUT2D eigenvalue weighted by molar-refractivity contribution is 0.0300. The molecule has 2 aromatic rings. The van der Waals surface area contributed by atoms with E-state index in [2.05, 4.69) is 10.0 Å². The second-order valence-electron chi connectivity index (χ2n) is 8.26. The SMILES string of the molecule is COc1ccc(S(=O)(=O)Nc2ccccc2C(=O)NC[C@H]2CCCO2)cc1C(=O)N1CCOCC1. The van der Waals surface area contributed by atoms with Crippen molar-refractivity contribution >= 4 is 27.5 Å². The molecule has 0 aliphatic carbocycles. The summed E-state index contributed by atoms with van der Waals surface area (Å²) in [6.45, 7) is 2.68. The number of anilines is 1. The fourth-order valence-corrected chi connectivity index (χ4v) is 5.14. The first-order valence-corrected chi connectivity index (χ1v) is 12.9. The Hall–Kier alpha value is -3.15. The third-order valence-electron chi connectivity index (χ3n) is 5.94. The number of para-hydroxylation sites is 1. The summed E-state index contributed by atoms with van der Waals surface area (Å²) >= 11 is 0. The van der Waals surface area contributed by atoms with Gasteiger partial charge in [-0.05, 0) is 43.2 Å². The van der Waals surface area contributed by atoms with Crippen molar-refractivity contribution in [1.29, 1.82) is 0 Å². The minimum absolute atomic E-state index is 0.0375. The average Bonchev–Trinajstić information content (AvgIpc) is 3.41. The van der Waals surface area contributed by atoms with Crippen LogP contribution in [0.5, 0.6) is 5.75 Å². The smallest absolute Gasteiger partial charge is 0.261 e. The molecule has 0 bridgehead atoms. The normalized spacial score (nSPS) is 18.2. The van der Waals surface area contributed by atoms with Gasteiger partial charge in [0.05, 0.1) is 48.1 Å². The van der Waals surface area contributed by atoms with Gasteiger partial charge < -0.3 is 24.4 Å². The third kappa shape index (κ3) is 5.92. The summed E-state index contributed by atoms with van der Waals surface area (Å²) < 4.78 is 45.1. The number of nitrogens with one attached hydrogen (secondary N) is 2. The molecule has 10 nitrogen and oxygen atoms in total. The van der Waals surface area contributed by atoms with Crippen molar-refractivity contribution in [3.8, 4) is 5.75 Å². The van der Waals surface area contributed by atoms with Gasteiger partial charge in [0.2, 0.25) is 0 Å². The van der Waals surface area contributed by atoms with E-state index in [-0.39, 0.29) is 39.5 Å². The largest absolute Gasteiger partial charge is 0.496 e. The standard InChI is InChI=1S/C24H29N3O7S/c1-32-22-9-8-18(15-20(22)24(29)27-10-13-33-14-11-27)35(30,31)26-21-7-3-2-6-19(21)23(28)25-16-17-5-4-12-34-17/h2-3,6-9,15,17,26H,4-5,10-14,16H2,1H3,(H,25,28)/t17-/m1/s1. The maximum Gasteiger partial charge on any atom is 0.261 e. The van der Waals surface area contributed by atoms with Crippen LogP contribution in [0.25, 0.3) is 0 Å². The van der Waals surface area contributed by atoms with Gasteiger partial charge in [0, 0.05) is 26.2 Å². The molecule has 0 radical (unpaired) electrons. The Bertz CT molecular complexity index is 1170. The Morgan fingerprint density at radius 1 is 1.09 bits per heavy atom. The molecule has 0 aromatic heterocycles. The quantitative estimate of drug-likeness (QED) is 0.564. The molecular weight excluding hydrogens is 474 g/mol. The van der Waals surface area contributed by atoms with Crippen molar-refractivity contribution < 1.29 is 32.2 Å². The number of morpholine rings is 1. The molecule has 0 spiro atoms. The molecule has 2 aliphatic heterocycles. The van der Waals surface area contributed by atoms with Crippen LogP contribution in [0.15, 0.2) is 47.4 Å². The summed E-state index contributed by atoms with van der Waals surface area (Å²) in [7, 11) is -2.70. The van der Waals surface area contributed by atoms with E-state index in [0.717, 1.165) is 12.8 Å². The van der Waals surface area contributed by atoms with Crippen molar-refractivity contribution in [3.05, 3.63) is 53.6 Å². The maximum atomic E-state index is 13.2. The van der Waals surface area contributed by atoms with Crippen LogP contribution in [-0.4, -0.2) is 77.8 Å². The van der Waals surface area contributed by atoms with Gasteiger partial charge >= 0.3 is 0 Å². The molecular formula is C24H29N3O7S. The minimum Gasteiger partial charge on any atom is -0.496 e. The van der Waals surface area contributed by atoms with Gasteiger partial charge in [-0.15, -0.1) is 0 Å². The Balaban J connectivity index is 1.55. The molecule has 1 atom stereocenters. The van der Waals surface area contributed by atoms with Gasteiger partial charge in [-0.1, -0.05) is 12.1 Å². The second-order valence-corrected chi connectivity index (χ2v) is 9.95. The molecule has 2 fully saturated rings. The van der Waals surface area contributed by atoms with E-state index in [1.807, 2.05) is 0 Å². The van der Waals surface area contributed by atoms with E-state index in [9.17, 15) is 18.0 Å². The predicted octanol–water partition coefficient (Wildman–Crippen LogP) is 1.88. The molecule has 2 saturated heterocycles. The minimum atomic E-state index is -4.12. The molecule has 4 rings (SSSR count). The van der Waals surface area contributed by atoms with Gasteiger partial charge in [-0.25, -0.2) is 8.42 Å². The summed E-state index contributed by atoms with van der Waals surface area (Å²) in [4.78, 5) is 27.3. The zero-order chi connectivity index (χ0) is 24.8. The lowest BCUT2D eigenvalue weighted by atomic mass is 10.1. The van der Waals surface area contributed by atoms with Gasteiger partial charge in [-0.2, -0.15) is 0 Å². The van der Waals surface area contributed by atoms with Crippen LogP contribution >= 0.6 is 0 Å². The Kier molecular flexibility index (Phi) is 7.89. The fourth-order valence-electron chi connectivity index (χ4n) is 4.04. The van der Waals surface area contributed by atoms with E-state index >= 15 is 0 Å². The number of hydrogen-bond acceptors (Lipinski definition) is 7. The van der Waals surface area contributed by atoms with E-state index < -0.39 is 15.9 Å². The summed E-state index contributed by atoms with van der Waals surface area (Å²) in [6, 6.07) is 10.5. The number of carbonyl (C=O) groups is 2. The summed E-state index contributed by atoms with van der Waals surface area (Å²) in [5.74, 6) is -0.470. The van der Waals surface area contributed by atoms with Gasteiger partial charge in [0.1, 0.15) is 5.75 Å². The predicted molar refractivity (Wildman–Crippen MR) is 128 cm³/mol. The highest BCUT2D eigenvalue weighted by Crippen LogP contribution is 2.27. The van der Waals surface area contributed by atoms with Crippen LogP contribution in [0, 0.1) is 0 Å². The lowest BCUT2D eigenvalue weighted by Crippen LogP contribution is -2.40. The number of hydrogen-bond donors (Lipinski definition) is 2. The number of carbonyl (C=O) groups excluding carboxylic acids is 2. The van der Waals surface area contributed by atoms with Gasteiger partial charge in [0.15, 0.2) is 0 Å². The number of methoxy groups -OCH3 is 1. The van der Waals surface area contributed by atoms with Crippen LogP contribution < -0.4 is 14.8 Å². The number of rotatable bonds is 8. The molecule has 0 saturated carbocycles. The fraction of sp³-hybridized carbons (Fsp3) is 0.417. The van der Waals surface area contributed by atoms with Crippen molar-refractivity contribution in [1.82, 2.24) is 10.2 Å². The lowest BCUT2D eigenvalue weighted by Gasteiger charge is -2.27. The second kappa shape index (κ2) is 11.1. The summed E-state index contributed by atoms with van der Waals surface area (Å²) in [5, 5.41) is 2.81. The molecule has 2 amide bonds. The van der Waals surface area contributed by atoms with Gasteiger partial charge in [-0.3, -0.25) is 14.3 Å². The monoisotopic (exact) mass is 503 g/mol. The molecule has 0 unspecified atom stereocenters. The number of nitrogens with zero attached hydrogens (tertiary/aromatic N) is 1. The molecule has 2 aliphatic rings. The third-order valence-corrected chi connectivity index (χ3v) is 7.30. The Morgan fingerprint density at radius 2 is 1.86 bits per heavy atom. The van der Waals surface area contributed by atoms with E-state index in [1.165, 1.54) is 31.4 Å². The first-order valence-electron chi connectivity index (χ1n) is 11.5. The van der Waals surface area contributed by atoms with Crippen LogP contribution in [0.3, 0.4) is 0 Å². The first kappa shape index (κ1) is 25.0.